The molecule has 0 aliphatic carbocycles. The van der Waals surface area contributed by atoms with Gasteiger partial charge >= 0.3 is 0 Å². The molecule has 14 nitrogen and oxygen atoms in total. The molecule has 30 heavy (non-hydrogen) atoms. The second-order valence-corrected chi connectivity index (χ2v) is 6.57. The predicted molar refractivity (Wildman–Crippen MR) is 96.1 cm³/mol. The summed E-state index contributed by atoms with van der Waals surface area (Å²) in [6.45, 7) is 1.09. The maximum atomic E-state index is 10.9. The zero-order valence-corrected chi connectivity index (χ0v) is 16.5. The van der Waals surface area contributed by atoms with Crippen LogP contribution in [0.15, 0.2) is 0 Å². The third kappa shape index (κ3) is 9.38. The molecule has 0 spiro atoms. The van der Waals surface area contributed by atoms with Gasteiger partial charge in [-0.2, -0.15) is 0 Å². The van der Waals surface area contributed by atoms with Crippen LogP contribution in [0, 0.1) is 0 Å². The number of imide groups is 1. The molecule has 0 saturated carbocycles. The predicted octanol–water partition coefficient (Wildman–Crippen LogP) is -5.96. The summed E-state index contributed by atoms with van der Waals surface area (Å²) in [5.41, 5.74) is 0. The summed E-state index contributed by atoms with van der Waals surface area (Å²) in [5.74, 6) is -1.81. The number of hydrogen-bond donors (Lipinski definition) is 10. The molecule has 1 heterocycles. The molecular formula is C16H30N2O12. The van der Waals surface area contributed by atoms with E-state index >= 15 is 0 Å². The lowest BCUT2D eigenvalue weighted by molar-refractivity contribution is -0.253. The Hall–Kier alpha value is -1.75. The van der Waals surface area contributed by atoms with E-state index in [1.165, 1.54) is 6.92 Å². The van der Waals surface area contributed by atoms with Crippen molar-refractivity contribution in [3.63, 3.8) is 0 Å². The highest BCUT2D eigenvalue weighted by atomic mass is 16.6. The first-order valence-corrected chi connectivity index (χ1v) is 8.88. The zero-order valence-electron chi connectivity index (χ0n) is 16.5. The molecule has 0 bridgehead atoms. The summed E-state index contributed by atoms with van der Waals surface area (Å²) in [5, 5.41) is 77.0. The molecule has 14 heteroatoms. The highest BCUT2D eigenvalue weighted by molar-refractivity contribution is 5.94. The Bertz CT molecular complexity index is 562. The van der Waals surface area contributed by atoms with Gasteiger partial charge in [0, 0.05) is 13.8 Å². The number of amides is 3. The van der Waals surface area contributed by atoms with Crippen LogP contribution in [0.2, 0.25) is 0 Å². The van der Waals surface area contributed by atoms with E-state index in [-0.39, 0.29) is 0 Å². The maximum absolute atomic E-state index is 10.9. The number of rotatable bonds is 7. The summed E-state index contributed by atoms with van der Waals surface area (Å²) >= 11 is 0. The Balaban J connectivity index is 0.000000561. The van der Waals surface area contributed by atoms with Crippen LogP contribution in [0.1, 0.15) is 20.3 Å². The first-order valence-electron chi connectivity index (χ1n) is 8.88. The number of aliphatic hydroxyl groups excluding tert-OH is 8. The van der Waals surface area contributed by atoms with E-state index in [9.17, 15) is 34.8 Å². The van der Waals surface area contributed by atoms with Crippen molar-refractivity contribution in [2.24, 2.45) is 0 Å². The summed E-state index contributed by atoms with van der Waals surface area (Å²) in [4.78, 5) is 32.1. The molecule has 1 fully saturated rings. The van der Waals surface area contributed by atoms with Gasteiger partial charge in [-0.05, 0) is 0 Å². The molecule has 8 atom stereocenters. The molecule has 1 aliphatic heterocycles. The molecule has 176 valence electrons. The number of carbonyl (C=O) groups is 3. The summed E-state index contributed by atoms with van der Waals surface area (Å²) in [6, 6.07) is -1.10. The third-order valence-corrected chi connectivity index (χ3v) is 3.96. The number of aliphatic hydroxyl groups is 8. The SMILES string of the molecule is CC(=O)NC(=O)C[C@@H](O)[C@H](O)[C@H](O)CO.CC(=O)N[C@H]1C(O)O[C@H](CO)[C@@H](O)[C@@H]1O. The van der Waals surface area contributed by atoms with Gasteiger partial charge in [0.15, 0.2) is 6.29 Å². The van der Waals surface area contributed by atoms with E-state index in [2.05, 4.69) is 5.32 Å². The molecular weight excluding hydrogens is 412 g/mol. The van der Waals surface area contributed by atoms with Gasteiger partial charge in [-0.1, -0.05) is 0 Å². The normalized spacial score (nSPS) is 28.9. The Morgan fingerprint density at radius 3 is 1.93 bits per heavy atom. The van der Waals surface area contributed by atoms with Crippen molar-refractivity contribution in [2.75, 3.05) is 13.2 Å². The molecule has 3 amide bonds. The molecule has 0 radical (unpaired) electrons. The molecule has 10 N–H and O–H groups in total. The van der Waals surface area contributed by atoms with Gasteiger partial charge in [-0.15, -0.1) is 0 Å². The van der Waals surface area contributed by atoms with Crippen molar-refractivity contribution < 1.29 is 60.0 Å². The topological polar surface area (TPSA) is 246 Å². The lowest BCUT2D eigenvalue weighted by Crippen LogP contribution is -2.63. The standard InChI is InChI=1S/2C8H15NO6/c1-3(11)9-5-7(13)6(12)4(2-10)15-8(5)14;1-4(11)9-7(14)2-5(12)8(15)6(13)3-10/h4-8,10,12-14H,2H2,1H3,(H,9,11);5-6,8,10,12-13,15H,2-3H2,1H3,(H,9,11,14)/t4-,5-,6-,7-,8?;5-,6-,8+/m11/s1. The minimum absolute atomic E-state index is 0.462. The van der Waals surface area contributed by atoms with E-state index in [4.69, 9.17) is 25.2 Å². The Kier molecular flexibility index (Phi) is 12.7. The number of nitrogens with one attached hydrogen (secondary N) is 2. The van der Waals surface area contributed by atoms with Crippen molar-refractivity contribution in [2.45, 2.75) is 69.2 Å². The Morgan fingerprint density at radius 2 is 1.50 bits per heavy atom. The zero-order chi connectivity index (χ0) is 23.6. The highest BCUT2D eigenvalue weighted by Crippen LogP contribution is 2.19. The minimum atomic E-state index is -1.63. The number of carbonyl (C=O) groups excluding carboxylic acids is 3. The molecule has 1 aliphatic rings. The van der Waals surface area contributed by atoms with Gasteiger partial charge in [0.1, 0.15) is 36.6 Å². The van der Waals surface area contributed by atoms with Crippen LogP contribution >= 0.6 is 0 Å². The van der Waals surface area contributed by atoms with Crippen molar-refractivity contribution >= 4 is 17.7 Å². The number of hydrogen-bond acceptors (Lipinski definition) is 12. The second kappa shape index (κ2) is 13.5. The highest BCUT2D eigenvalue weighted by Gasteiger charge is 2.43. The van der Waals surface area contributed by atoms with E-state index in [1.807, 2.05) is 5.32 Å². The van der Waals surface area contributed by atoms with Gasteiger partial charge in [0.25, 0.3) is 0 Å². The first-order chi connectivity index (χ1) is 13.8. The lowest BCUT2D eigenvalue weighted by Gasteiger charge is -2.40. The monoisotopic (exact) mass is 442 g/mol. The Morgan fingerprint density at radius 1 is 0.933 bits per heavy atom. The van der Waals surface area contributed by atoms with Crippen molar-refractivity contribution in [3.8, 4) is 0 Å². The van der Waals surface area contributed by atoms with Crippen LogP contribution in [0.3, 0.4) is 0 Å². The average Bonchev–Trinajstić information content (AvgIpc) is 2.66. The summed E-state index contributed by atoms with van der Waals surface area (Å²) in [6.07, 6.45) is -10.5. The summed E-state index contributed by atoms with van der Waals surface area (Å²) < 4.78 is 4.81. The Labute approximate surface area is 171 Å². The molecule has 0 aromatic rings. The van der Waals surface area contributed by atoms with Crippen molar-refractivity contribution in [3.05, 3.63) is 0 Å². The van der Waals surface area contributed by atoms with Gasteiger partial charge in [-0.25, -0.2) is 0 Å². The number of ether oxygens (including phenoxy) is 1. The molecule has 1 unspecified atom stereocenters. The van der Waals surface area contributed by atoms with E-state index < -0.39 is 86.3 Å². The fourth-order valence-electron chi connectivity index (χ4n) is 2.41. The molecule has 1 saturated heterocycles. The molecule has 0 aromatic carbocycles. The van der Waals surface area contributed by atoms with Crippen molar-refractivity contribution in [1.82, 2.24) is 10.6 Å². The van der Waals surface area contributed by atoms with Gasteiger partial charge in [-0.3, -0.25) is 19.7 Å². The fraction of sp³-hybridized carbons (Fsp3) is 0.812. The van der Waals surface area contributed by atoms with Gasteiger partial charge in [0.2, 0.25) is 17.7 Å². The van der Waals surface area contributed by atoms with Crippen LogP contribution in [0.4, 0.5) is 0 Å². The third-order valence-electron chi connectivity index (χ3n) is 3.96. The average molecular weight is 442 g/mol. The van der Waals surface area contributed by atoms with Gasteiger partial charge < -0.3 is 50.9 Å². The van der Waals surface area contributed by atoms with Gasteiger partial charge in [0.05, 0.1) is 25.7 Å². The smallest absolute Gasteiger partial charge is 0.229 e. The maximum Gasteiger partial charge on any atom is 0.229 e. The van der Waals surface area contributed by atoms with Crippen LogP contribution < -0.4 is 10.6 Å². The second-order valence-electron chi connectivity index (χ2n) is 6.57. The largest absolute Gasteiger partial charge is 0.394 e. The first kappa shape index (κ1) is 28.2. The molecule has 0 aromatic heterocycles. The molecule has 1 rings (SSSR count). The lowest BCUT2D eigenvalue weighted by atomic mass is 9.97. The van der Waals surface area contributed by atoms with Crippen molar-refractivity contribution in [1.29, 1.82) is 0 Å². The van der Waals surface area contributed by atoms with Crippen LogP contribution in [0.5, 0.6) is 0 Å². The van der Waals surface area contributed by atoms with E-state index in [1.54, 1.807) is 0 Å². The fourth-order valence-corrected chi connectivity index (χ4v) is 2.41. The van der Waals surface area contributed by atoms with Crippen LogP contribution in [-0.2, 0) is 19.1 Å². The van der Waals surface area contributed by atoms with E-state index in [0.29, 0.717) is 0 Å². The summed E-state index contributed by atoms with van der Waals surface area (Å²) in [7, 11) is 0. The van der Waals surface area contributed by atoms with E-state index in [0.717, 1.165) is 6.92 Å². The van der Waals surface area contributed by atoms with Crippen LogP contribution in [-0.4, -0.2) is 121 Å². The quantitative estimate of drug-likeness (QED) is 0.177. The van der Waals surface area contributed by atoms with Crippen LogP contribution in [0.25, 0.3) is 0 Å². The minimum Gasteiger partial charge on any atom is -0.394 e.